The first-order valence-corrected chi connectivity index (χ1v) is 15.0. The topological polar surface area (TPSA) is 44.8 Å². The molecule has 5 rings (SSSR count). The molecule has 37 heavy (non-hydrogen) atoms. The molecule has 9 atom stereocenters. The summed E-state index contributed by atoms with van der Waals surface area (Å²) in [6.07, 6.45) is 12.7. The molecule has 0 spiro atoms. The van der Waals surface area contributed by atoms with E-state index in [0.29, 0.717) is 23.4 Å². The maximum atomic E-state index is 13.7. The van der Waals surface area contributed by atoms with Gasteiger partial charge in [-0.3, -0.25) is 4.79 Å². The number of methoxy groups -OCH3 is 3. The van der Waals surface area contributed by atoms with E-state index in [0.717, 1.165) is 38.5 Å². The Bertz CT molecular complexity index is 965. The monoisotopic (exact) mass is 514 g/mol. The summed E-state index contributed by atoms with van der Waals surface area (Å²) in [5.74, 6) is 1.44. The Morgan fingerprint density at radius 1 is 0.811 bits per heavy atom. The zero-order valence-electron chi connectivity index (χ0n) is 25.5. The molecule has 4 nitrogen and oxygen atoms in total. The molecule has 0 aromatic rings. The molecule has 0 bridgehead atoms. The van der Waals surface area contributed by atoms with E-state index in [1.165, 1.54) is 19.3 Å². The number of fused-ring (bicyclic) bond motifs is 7. The van der Waals surface area contributed by atoms with Crippen molar-refractivity contribution >= 4 is 5.97 Å². The van der Waals surface area contributed by atoms with E-state index in [1.54, 1.807) is 12.7 Å². The van der Waals surface area contributed by atoms with Gasteiger partial charge in [0.25, 0.3) is 0 Å². The Morgan fingerprint density at radius 2 is 1.49 bits per heavy atom. The molecule has 0 saturated heterocycles. The molecule has 0 aromatic heterocycles. The lowest BCUT2D eigenvalue weighted by molar-refractivity contribution is -0.224. The highest BCUT2D eigenvalue weighted by Crippen LogP contribution is 2.76. The molecule has 0 aliphatic heterocycles. The number of ether oxygens (including phenoxy) is 3. The van der Waals surface area contributed by atoms with E-state index < -0.39 is 5.41 Å². The molecule has 0 N–H and O–H groups in total. The third kappa shape index (κ3) is 3.42. The van der Waals surface area contributed by atoms with Crippen LogP contribution in [0.5, 0.6) is 0 Å². The Labute approximate surface area is 226 Å². The summed E-state index contributed by atoms with van der Waals surface area (Å²) in [7, 11) is 5.31. The summed E-state index contributed by atoms with van der Waals surface area (Å²) in [5, 5.41) is 0. The summed E-state index contributed by atoms with van der Waals surface area (Å²) in [5.41, 5.74) is 1.88. The van der Waals surface area contributed by atoms with Crippen LogP contribution in [0.4, 0.5) is 0 Å². The number of rotatable bonds is 3. The third-order valence-corrected chi connectivity index (χ3v) is 13.7. The zero-order valence-corrected chi connectivity index (χ0v) is 25.5. The largest absolute Gasteiger partial charge is 0.468 e. The Morgan fingerprint density at radius 3 is 2.11 bits per heavy atom. The van der Waals surface area contributed by atoms with Gasteiger partial charge < -0.3 is 14.2 Å². The van der Waals surface area contributed by atoms with Crippen LogP contribution in [0.2, 0.25) is 0 Å². The van der Waals surface area contributed by atoms with E-state index in [-0.39, 0.29) is 39.7 Å². The fraction of sp³-hybridized carbons (Fsp3) is 0.909. The molecule has 4 saturated carbocycles. The molecule has 4 heteroatoms. The minimum Gasteiger partial charge on any atom is -0.468 e. The maximum absolute atomic E-state index is 13.7. The molecule has 3 unspecified atom stereocenters. The second-order valence-corrected chi connectivity index (χ2v) is 15.8. The van der Waals surface area contributed by atoms with Crippen molar-refractivity contribution in [1.29, 1.82) is 0 Å². The van der Waals surface area contributed by atoms with Gasteiger partial charge in [-0.1, -0.05) is 60.1 Å². The maximum Gasteiger partial charge on any atom is 0.315 e. The molecule has 0 heterocycles. The van der Waals surface area contributed by atoms with Crippen molar-refractivity contribution in [1.82, 2.24) is 0 Å². The summed E-state index contributed by atoms with van der Waals surface area (Å²) < 4.78 is 18.0. The first-order chi connectivity index (χ1) is 17.2. The summed E-state index contributed by atoms with van der Waals surface area (Å²) in [6.45, 7) is 17.5. The molecule has 0 aromatic carbocycles. The van der Waals surface area contributed by atoms with Gasteiger partial charge in [-0.15, -0.1) is 0 Å². The van der Waals surface area contributed by atoms with Crippen LogP contribution in [0.15, 0.2) is 11.6 Å². The normalized spacial score (nSPS) is 50.0. The Hall–Kier alpha value is -0.870. The highest BCUT2D eigenvalue weighted by Gasteiger charge is 2.71. The Kier molecular flexibility index (Phi) is 6.41. The van der Waals surface area contributed by atoms with Gasteiger partial charge in [0.05, 0.1) is 19.3 Å². The third-order valence-electron chi connectivity index (χ3n) is 13.7. The van der Waals surface area contributed by atoms with Crippen LogP contribution in [-0.2, 0) is 19.0 Å². The van der Waals surface area contributed by atoms with Gasteiger partial charge in [-0.2, -0.15) is 0 Å². The molecule has 4 fully saturated rings. The molecule has 5 aliphatic rings. The first kappa shape index (κ1) is 27.7. The Balaban J connectivity index is 1.63. The highest BCUT2D eigenvalue weighted by molar-refractivity contribution is 5.79. The van der Waals surface area contributed by atoms with Crippen molar-refractivity contribution in [2.75, 3.05) is 21.3 Å². The fourth-order valence-electron chi connectivity index (χ4n) is 11.6. The molecule has 210 valence electrons. The number of carbonyl (C=O) groups excluding carboxylic acids is 1. The molecule has 0 amide bonds. The average molecular weight is 515 g/mol. The van der Waals surface area contributed by atoms with E-state index in [4.69, 9.17) is 14.2 Å². The van der Waals surface area contributed by atoms with E-state index >= 15 is 0 Å². The number of hydrogen-bond acceptors (Lipinski definition) is 4. The second kappa shape index (κ2) is 8.56. The number of carbonyl (C=O) groups is 1. The van der Waals surface area contributed by atoms with E-state index in [2.05, 4.69) is 54.5 Å². The average Bonchev–Trinajstić information content (AvgIpc) is 2.82. The van der Waals surface area contributed by atoms with Crippen molar-refractivity contribution in [3.05, 3.63) is 11.6 Å². The number of allylic oxidation sites excluding steroid dienone is 2. The smallest absolute Gasteiger partial charge is 0.315 e. The van der Waals surface area contributed by atoms with Crippen LogP contribution in [0.25, 0.3) is 0 Å². The van der Waals surface area contributed by atoms with Gasteiger partial charge in [0.1, 0.15) is 5.41 Å². The van der Waals surface area contributed by atoms with Crippen LogP contribution in [0.1, 0.15) is 106 Å². The zero-order chi connectivity index (χ0) is 27.2. The van der Waals surface area contributed by atoms with Gasteiger partial charge in [-0.25, -0.2) is 0 Å². The number of esters is 1. The van der Waals surface area contributed by atoms with Crippen molar-refractivity contribution in [2.45, 2.75) is 118 Å². The number of hydrogen-bond donors (Lipinski definition) is 0. The lowest BCUT2D eigenvalue weighted by atomic mass is 9.33. The molecule has 0 radical (unpaired) electrons. The SMILES string of the molecule is COC(=O)[C@]12CCC(C)(C)CC1C1=CCC3[C@@]4(C)CC[C@H](OC)C(C)(C)C4CC[C@@]3(C)[C@]1(C)C[C@H]2OC. The van der Waals surface area contributed by atoms with Crippen molar-refractivity contribution in [3.8, 4) is 0 Å². The van der Waals surface area contributed by atoms with Crippen LogP contribution < -0.4 is 0 Å². The van der Waals surface area contributed by atoms with Gasteiger partial charge >= 0.3 is 5.97 Å². The van der Waals surface area contributed by atoms with Crippen LogP contribution in [0, 0.1) is 50.2 Å². The van der Waals surface area contributed by atoms with E-state index in [9.17, 15) is 4.79 Å². The second-order valence-electron chi connectivity index (χ2n) is 15.8. The predicted octanol–water partition coefficient (Wildman–Crippen LogP) is 7.60. The van der Waals surface area contributed by atoms with E-state index in [1.807, 2.05) is 14.2 Å². The van der Waals surface area contributed by atoms with Crippen LogP contribution in [-0.4, -0.2) is 39.5 Å². The van der Waals surface area contributed by atoms with Gasteiger partial charge in [0.15, 0.2) is 0 Å². The van der Waals surface area contributed by atoms with Crippen LogP contribution in [0.3, 0.4) is 0 Å². The summed E-state index contributed by atoms with van der Waals surface area (Å²) >= 11 is 0. The first-order valence-electron chi connectivity index (χ1n) is 15.0. The van der Waals surface area contributed by atoms with Gasteiger partial charge in [0, 0.05) is 14.2 Å². The minimum absolute atomic E-state index is 0.0163. The summed E-state index contributed by atoms with van der Waals surface area (Å²) in [4.78, 5) is 13.7. The molecular weight excluding hydrogens is 460 g/mol. The van der Waals surface area contributed by atoms with Gasteiger partial charge in [0.2, 0.25) is 0 Å². The van der Waals surface area contributed by atoms with Gasteiger partial charge in [-0.05, 0) is 103 Å². The highest BCUT2D eigenvalue weighted by atomic mass is 16.5. The van der Waals surface area contributed by atoms with Crippen LogP contribution >= 0.6 is 0 Å². The molecular formula is C33H54O4. The standard InChI is InChI=1S/C33H54O4/c1-28(2)17-18-33(27(34)37-10)22(19-28)21-11-12-24-30(5)15-14-25(35-8)29(3,4)23(30)13-16-31(24,6)32(21,7)20-26(33)36-9/h11,22-26H,12-20H2,1-10H3/t22?,23?,24?,25-,26+,30-,31+,32+,33+/m0/s1. The lowest BCUT2D eigenvalue weighted by Gasteiger charge is -2.72. The van der Waals surface area contributed by atoms with Crippen molar-refractivity contribution in [2.24, 2.45) is 50.2 Å². The minimum atomic E-state index is -0.562. The lowest BCUT2D eigenvalue weighted by Crippen LogP contribution is -2.67. The van der Waals surface area contributed by atoms with Crippen molar-refractivity contribution < 1.29 is 19.0 Å². The van der Waals surface area contributed by atoms with Crippen molar-refractivity contribution in [3.63, 3.8) is 0 Å². The predicted molar refractivity (Wildman–Crippen MR) is 148 cm³/mol. The molecule has 5 aliphatic carbocycles. The quantitative estimate of drug-likeness (QED) is 0.287. The summed E-state index contributed by atoms with van der Waals surface area (Å²) in [6, 6.07) is 0. The fourth-order valence-corrected chi connectivity index (χ4v) is 11.6.